The Labute approximate surface area is 126 Å². The molecule has 3 heteroatoms. The van der Waals surface area contributed by atoms with Crippen LogP contribution in [0.5, 0.6) is 5.75 Å². The minimum atomic E-state index is -0.142. The van der Waals surface area contributed by atoms with E-state index < -0.39 is 0 Å². The first-order chi connectivity index (χ1) is 10.2. The lowest BCUT2D eigenvalue weighted by Gasteiger charge is -2.19. The van der Waals surface area contributed by atoms with Crippen molar-refractivity contribution >= 4 is 5.69 Å². The van der Waals surface area contributed by atoms with Crippen molar-refractivity contribution in [2.24, 2.45) is 0 Å². The second kappa shape index (κ2) is 7.70. The number of nitrogens with one attached hydrogen (secondary N) is 1. The van der Waals surface area contributed by atoms with E-state index in [0.29, 0.717) is 6.61 Å². The van der Waals surface area contributed by atoms with E-state index in [0.717, 1.165) is 23.4 Å². The summed E-state index contributed by atoms with van der Waals surface area (Å²) >= 11 is 0. The molecule has 2 aromatic carbocycles. The molecule has 0 fully saturated rings. The van der Waals surface area contributed by atoms with Gasteiger partial charge < -0.3 is 15.2 Å². The summed E-state index contributed by atoms with van der Waals surface area (Å²) in [5.74, 6) is 0.846. The van der Waals surface area contributed by atoms with E-state index >= 15 is 0 Å². The number of aliphatic hydroxyl groups excluding tert-OH is 1. The molecule has 1 unspecified atom stereocenters. The summed E-state index contributed by atoms with van der Waals surface area (Å²) in [6.07, 6.45) is 0.981. The van der Waals surface area contributed by atoms with Gasteiger partial charge in [0.1, 0.15) is 5.75 Å². The first-order valence-electron chi connectivity index (χ1n) is 7.39. The van der Waals surface area contributed by atoms with Gasteiger partial charge in [-0.2, -0.15) is 0 Å². The summed E-state index contributed by atoms with van der Waals surface area (Å²) in [4.78, 5) is 0. The Balaban J connectivity index is 2.13. The molecule has 0 spiro atoms. The fourth-order valence-corrected chi connectivity index (χ4v) is 2.21. The fourth-order valence-electron chi connectivity index (χ4n) is 2.21. The monoisotopic (exact) mass is 285 g/mol. The van der Waals surface area contributed by atoms with Gasteiger partial charge in [-0.1, -0.05) is 31.2 Å². The Morgan fingerprint density at radius 2 is 1.95 bits per heavy atom. The summed E-state index contributed by atoms with van der Waals surface area (Å²) in [5, 5.41) is 13.0. The van der Waals surface area contributed by atoms with E-state index in [1.54, 1.807) is 0 Å². The van der Waals surface area contributed by atoms with Crippen LogP contribution >= 0.6 is 0 Å². The van der Waals surface area contributed by atoms with Crippen LogP contribution in [0.25, 0.3) is 0 Å². The first-order valence-corrected chi connectivity index (χ1v) is 7.39. The minimum Gasteiger partial charge on any atom is -0.494 e. The number of hydrogen-bond acceptors (Lipinski definition) is 3. The van der Waals surface area contributed by atoms with Gasteiger partial charge in [0.2, 0.25) is 0 Å². The zero-order valence-electron chi connectivity index (χ0n) is 12.7. The minimum absolute atomic E-state index is 0.0329. The molecule has 3 nitrogen and oxygen atoms in total. The molecule has 0 saturated heterocycles. The lowest BCUT2D eigenvalue weighted by molar-refractivity contribution is 0.275. The highest BCUT2D eigenvalue weighted by Gasteiger charge is 2.11. The third-order valence-electron chi connectivity index (χ3n) is 3.27. The molecule has 0 saturated carbocycles. The molecule has 0 aliphatic carbocycles. The predicted molar refractivity (Wildman–Crippen MR) is 86.9 cm³/mol. The summed E-state index contributed by atoms with van der Waals surface area (Å²) < 4.78 is 5.65. The van der Waals surface area contributed by atoms with Crippen LogP contribution in [0.4, 0.5) is 5.69 Å². The largest absolute Gasteiger partial charge is 0.494 e. The zero-order chi connectivity index (χ0) is 15.1. The van der Waals surface area contributed by atoms with Gasteiger partial charge in [-0.3, -0.25) is 0 Å². The van der Waals surface area contributed by atoms with Gasteiger partial charge >= 0.3 is 0 Å². The molecule has 2 rings (SSSR count). The SMILES string of the molecule is CCCOc1cccc(C(CO)Nc2cccc(C)c2)c1. The van der Waals surface area contributed by atoms with E-state index in [-0.39, 0.29) is 12.6 Å². The maximum Gasteiger partial charge on any atom is 0.119 e. The van der Waals surface area contributed by atoms with Crippen LogP contribution in [0.3, 0.4) is 0 Å². The molecule has 2 aromatic rings. The number of hydrogen-bond donors (Lipinski definition) is 2. The van der Waals surface area contributed by atoms with Crippen molar-refractivity contribution in [3.05, 3.63) is 59.7 Å². The molecule has 0 aliphatic rings. The predicted octanol–water partition coefficient (Wildman–Crippen LogP) is 3.93. The molecule has 2 N–H and O–H groups in total. The van der Waals surface area contributed by atoms with Crippen LogP contribution in [0.15, 0.2) is 48.5 Å². The second-order valence-corrected chi connectivity index (χ2v) is 5.17. The molecular formula is C18H23NO2. The summed E-state index contributed by atoms with van der Waals surface area (Å²) in [7, 11) is 0. The molecule has 0 bridgehead atoms. The Morgan fingerprint density at radius 3 is 2.67 bits per heavy atom. The molecule has 0 heterocycles. The summed E-state index contributed by atoms with van der Waals surface area (Å²) in [6.45, 7) is 4.88. The summed E-state index contributed by atoms with van der Waals surface area (Å²) in [5.41, 5.74) is 3.22. The van der Waals surface area contributed by atoms with E-state index in [1.165, 1.54) is 5.56 Å². The third-order valence-corrected chi connectivity index (χ3v) is 3.27. The average molecular weight is 285 g/mol. The quantitative estimate of drug-likeness (QED) is 0.810. The number of benzene rings is 2. The van der Waals surface area contributed by atoms with Crippen molar-refractivity contribution in [2.75, 3.05) is 18.5 Å². The van der Waals surface area contributed by atoms with E-state index in [1.807, 2.05) is 36.4 Å². The third kappa shape index (κ3) is 4.50. The van der Waals surface area contributed by atoms with Crippen LogP contribution in [0.1, 0.15) is 30.5 Å². The second-order valence-electron chi connectivity index (χ2n) is 5.17. The van der Waals surface area contributed by atoms with Crippen molar-refractivity contribution in [1.29, 1.82) is 0 Å². The smallest absolute Gasteiger partial charge is 0.119 e. The highest BCUT2D eigenvalue weighted by molar-refractivity contribution is 5.48. The number of ether oxygens (including phenoxy) is 1. The van der Waals surface area contributed by atoms with Gasteiger partial charge in [-0.05, 0) is 48.7 Å². The van der Waals surface area contributed by atoms with Crippen molar-refractivity contribution in [1.82, 2.24) is 0 Å². The standard InChI is InChI=1S/C18H23NO2/c1-3-10-21-17-9-5-7-15(12-17)18(13-20)19-16-8-4-6-14(2)11-16/h4-9,11-12,18-20H,3,10,13H2,1-2H3. The Hall–Kier alpha value is -2.00. The Morgan fingerprint density at radius 1 is 1.14 bits per heavy atom. The lowest BCUT2D eigenvalue weighted by atomic mass is 10.1. The first kappa shape index (κ1) is 15.4. The number of rotatable bonds is 7. The van der Waals surface area contributed by atoms with Crippen molar-refractivity contribution in [3.8, 4) is 5.75 Å². The molecule has 0 radical (unpaired) electrons. The highest BCUT2D eigenvalue weighted by Crippen LogP contribution is 2.23. The van der Waals surface area contributed by atoms with Crippen molar-refractivity contribution in [2.45, 2.75) is 26.3 Å². The van der Waals surface area contributed by atoms with Gasteiger partial charge in [0, 0.05) is 5.69 Å². The van der Waals surface area contributed by atoms with Crippen molar-refractivity contribution < 1.29 is 9.84 Å². The van der Waals surface area contributed by atoms with Gasteiger partial charge in [0.25, 0.3) is 0 Å². The van der Waals surface area contributed by atoms with E-state index in [9.17, 15) is 5.11 Å². The maximum atomic E-state index is 9.67. The summed E-state index contributed by atoms with van der Waals surface area (Å²) in [6, 6.07) is 15.9. The fraction of sp³-hybridized carbons (Fsp3) is 0.333. The number of anilines is 1. The normalized spacial score (nSPS) is 12.0. The van der Waals surface area contributed by atoms with Gasteiger partial charge in [-0.25, -0.2) is 0 Å². The van der Waals surface area contributed by atoms with Crippen molar-refractivity contribution in [3.63, 3.8) is 0 Å². The van der Waals surface area contributed by atoms with Gasteiger partial charge in [0.05, 0.1) is 19.3 Å². The highest BCUT2D eigenvalue weighted by atomic mass is 16.5. The number of aryl methyl sites for hydroxylation is 1. The lowest BCUT2D eigenvalue weighted by Crippen LogP contribution is -2.15. The topological polar surface area (TPSA) is 41.5 Å². The average Bonchev–Trinajstić information content (AvgIpc) is 2.51. The Kier molecular flexibility index (Phi) is 5.64. The molecular weight excluding hydrogens is 262 g/mol. The van der Waals surface area contributed by atoms with Crippen LogP contribution < -0.4 is 10.1 Å². The van der Waals surface area contributed by atoms with Crippen LogP contribution in [-0.2, 0) is 0 Å². The van der Waals surface area contributed by atoms with E-state index in [2.05, 4.69) is 31.3 Å². The molecule has 0 aliphatic heterocycles. The number of aliphatic hydroxyl groups is 1. The Bertz CT molecular complexity index is 569. The van der Waals surface area contributed by atoms with Crippen LogP contribution in [-0.4, -0.2) is 18.3 Å². The maximum absolute atomic E-state index is 9.67. The zero-order valence-corrected chi connectivity index (χ0v) is 12.7. The molecule has 112 valence electrons. The molecule has 0 amide bonds. The van der Waals surface area contributed by atoms with E-state index in [4.69, 9.17) is 4.74 Å². The van der Waals surface area contributed by atoms with Gasteiger partial charge in [-0.15, -0.1) is 0 Å². The molecule has 0 aromatic heterocycles. The molecule has 21 heavy (non-hydrogen) atoms. The van der Waals surface area contributed by atoms with Crippen LogP contribution in [0.2, 0.25) is 0 Å². The van der Waals surface area contributed by atoms with Crippen LogP contribution in [0, 0.1) is 6.92 Å². The van der Waals surface area contributed by atoms with Gasteiger partial charge in [0.15, 0.2) is 0 Å². The molecule has 1 atom stereocenters.